The minimum atomic E-state index is -0.339. The zero-order valence-corrected chi connectivity index (χ0v) is 18.8. The molecule has 1 aliphatic carbocycles. The number of non-ortho nitro benzene ring substituents is 1. The number of rotatable bonds is 6. The Morgan fingerprint density at radius 3 is 2.77 bits per heavy atom. The highest BCUT2D eigenvalue weighted by Crippen LogP contribution is 2.27. The number of aromatic nitrogens is 1. The van der Waals surface area contributed by atoms with Crippen molar-refractivity contribution < 1.29 is 4.92 Å². The van der Waals surface area contributed by atoms with Gasteiger partial charge >= 0.3 is 0 Å². The Morgan fingerprint density at radius 2 is 2.00 bits per heavy atom. The lowest BCUT2D eigenvalue weighted by atomic mass is 9.97. The molecule has 0 atom stereocenters. The maximum absolute atomic E-state index is 11.3. The largest absolute Gasteiger partial charge is 0.316 e. The Bertz CT molecular complexity index is 1200. The Labute approximate surface area is 186 Å². The van der Waals surface area contributed by atoms with Gasteiger partial charge in [-0.05, 0) is 63.1 Å². The molecule has 4 rings (SSSR count). The zero-order chi connectivity index (χ0) is 21.8. The second-order valence-electron chi connectivity index (χ2n) is 8.05. The summed E-state index contributed by atoms with van der Waals surface area (Å²) in [5, 5.41) is 13.4. The van der Waals surface area contributed by atoms with Crippen LogP contribution in [-0.2, 0) is 6.54 Å². The first-order valence-electron chi connectivity index (χ1n) is 10.7. The van der Waals surface area contributed by atoms with E-state index in [9.17, 15) is 10.1 Å². The number of thiazole rings is 1. The van der Waals surface area contributed by atoms with E-state index in [1.807, 2.05) is 18.2 Å². The van der Waals surface area contributed by atoms with Crippen molar-refractivity contribution in [1.82, 2.24) is 4.57 Å². The fraction of sp³-hybridized carbons (Fsp3) is 0.320. The Balaban J connectivity index is 1.79. The first-order valence-corrected chi connectivity index (χ1v) is 11.6. The van der Waals surface area contributed by atoms with Crippen molar-refractivity contribution in [2.24, 2.45) is 4.99 Å². The van der Waals surface area contributed by atoms with E-state index in [4.69, 9.17) is 4.99 Å². The predicted octanol–water partition coefficient (Wildman–Crippen LogP) is 6.86. The first kappa shape index (κ1) is 21.2. The van der Waals surface area contributed by atoms with Crippen molar-refractivity contribution in [2.45, 2.75) is 52.5 Å². The summed E-state index contributed by atoms with van der Waals surface area (Å²) in [6, 6.07) is 13.1. The van der Waals surface area contributed by atoms with Crippen LogP contribution in [0.5, 0.6) is 0 Å². The Kier molecular flexibility index (Phi) is 6.47. The van der Waals surface area contributed by atoms with Gasteiger partial charge in [0.05, 0.1) is 16.3 Å². The molecule has 0 aliphatic heterocycles. The second-order valence-corrected chi connectivity index (χ2v) is 8.89. The zero-order valence-electron chi connectivity index (χ0n) is 18.0. The minimum Gasteiger partial charge on any atom is -0.316 e. The van der Waals surface area contributed by atoms with Crippen LogP contribution in [-0.4, -0.2) is 9.49 Å². The van der Waals surface area contributed by atoms with Crippen LogP contribution in [0, 0.1) is 24.0 Å². The Hall–Kier alpha value is -2.99. The lowest BCUT2D eigenvalue weighted by molar-refractivity contribution is -0.384. The average Bonchev–Trinajstić information content (AvgIpc) is 3.18. The van der Waals surface area contributed by atoms with Gasteiger partial charge < -0.3 is 4.57 Å². The van der Waals surface area contributed by atoms with Crippen LogP contribution in [0.3, 0.4) is 0 Å². The van der Waals surface area contributed by atoms with Gasteiger partial charge in [-0.15, -0.1) is 11.3 Å². The standard InChI is InChI=1S/C25H27N3O2S/c1-18-8-6-13-23(19(18)2)26-25-27(15-14-20-9-4-3-5-10-20)24(17-31-25)21-11-7-12-22(16-21)28(29)30/h6-9,11-13,16-17H,3-5,10,14-15H2,1-2H3. The highest BCUT2D eigenvalue weighted by Gasteiger charge is 2.14. The number of hydrogen-bond donors (Lipinski definition) is 0. The average molecular weight is 434 g/mol. The molecule has 0 saturated carbocycles. The van der Waals surface area contributed by atoms with Crippen molar-refractivity contribution >= 4 is 22.7 Å². The van der Waals surface area contributed by atoms with Gasteiger partial charge in [0.2, 0.25) is 0 Å². The molecule has 0 N–H and O–H groups in total. The van der Waals surface area contributed by atoms with Gasteiger partial charge in [0, 0.05) is 29.6 Å². The molecule has 0 saturated heterocycles. The topological polar surface area (TPSA) is 60.4 Å². The lowest BCUT2D eigenvalue weighted by Gasteiger charge is -2.15. The van der Waals surface area contributed by atoms with Gasteiger partial charge in [0.15, 0.2) is 4.80 Å². The molecule has 0 unspecified atom stereocenters. The first-order chi connectivity index (χ1) is 15.0. The highest BCUT2D eigenvalue weighted by molar-refractivity contribution is 7.07. The summed E-state index contributed by atoms with van der Waals surface area (Å²) in [4.78, 5) is 16.9. The third-order valence-corrected chi connectivity index (χ3v) is 6.85. The molecule has 2 aromatic carbocycles. The molecule has 6 heteroatoms. The Morgan fingerprint density at radius 1 is 1.16 bits per heavy atom. The van der Waals surface area contributed by atoms with Crippen molar-refractivity contribution in [1.29, 1.82) is 0 Å². The van der Waals surface area contributed by atoms with Crippen molar-refractivity contribution in [3.8, 4) is 11.3 Å². The number of allylic oxidation sites excluding steroid dienone is 2. The van der Waals surface area contributed by atoms with E-state index in [2.05, 4.69) is 35.9 Å². The molecule has 0 bridgehead atoms. The van der Waals surface area contributed by atoms with E-state index in [-0.39, 0.29) is 10.6 Å². The monoisotopic (exact) mass is 433 g/mol. The quantitative estimate of drug-likeness (QED) is 0.242. The van der Waals surface area contributed by atoms with Crippen molar-refractivity contribution in [2.75, 3.05) is 0 Å². The fourth-order valence-electron chi connectivity index (χ4n) is 3.99. The van der Waals surface area contributed by atoms with Gasteiger partial charge in [0.1, 0.15) is 0 Å². The molecule has 3 aromatic rings. The van der Waals surface area contributed by atoms with Gasteiger partial charge in [-0.2, -0.15) is 0 Å². The molecule has 160 valence electrons. The van der Waals surface area contributed by atoms with Gasteiger partial charge in [-0.3, -0.25) is 10.1 Å². The van der Waals surface area contributed by atoms with Crippen molar-refractivity contribution in [3.05, 3.63) is 85.5 Å². The number of nitrogens with zero attached hydrogens (tertiary/aromatic N) is 3. The van der Waals surface area contributed by atoms with E-state index in [0.29, 0.717) is 0 Å². The third-order valence-electron chi connectivity index (χ3n) is 5.98. The summed E-state index contributed by atoms with van der Waals surface area (Å²) >= 11 is 1.59. The van der Waals surface area contributed by atoms with Crippen LogP contribution in [0.25, 0.3) is 11.3 Å². The van der Waals surface area contributed by atoms with Crippen LogP contribution in [0.15, 0.2) is 64.5 Å². The maximum Gasteiger partial charge on any atom is 0.270 e. The van der Waals surface area contributed by atoms with Crippen LogP contribution >= 0.6 is 11.3 Å². The smallest absolute Gasteiger partial charge is 0.270 e. The SMILES string of the molecule is Cc1cccc(N=c2scc(-c3cccc([N+](=O)[O-])c3)n2CCC2=CCCCC2)c1C. The molecule has 1 heterocycles. The minimum absolute atomic E-state index is 0.109. The molecule has 0 fully saturated rings. The van der Waals surface area contributed by atoms with Crippen molar-refractivity contribution in [3.63, 3.8) is 0 Å². The molecule has 0 spiro atoms. The summed E-state index contributed by atoms with van der Waals surface area (Å²) in [7, 11) is 0. The molecule has 1 aliphatic rings. The number of aryl methyl sites for hydroxylation is 1. The van der Waals surface area contributed by atoms with E-state index in [0.717, 1.165) is 34.7 Å². The summed E-state index contributed by atoms with van der Waals surface area (Å²) < 4.78 is 2.22. The second kappa shape index (κ2) is 9.43. The molecular formula is C25H27N3O2S. The summed E-state index contributed by atoms with van der Waals surface area (Å²) in [6.45, 7) is 5.01. The summed E-state index contributed by atoms with van der Waals surface area (Å²) in [6.07, 6.45) is 8.24. The molecule has 1 aromatic heterocycles. The molecule has 0 radical (unpaired) electrons. The van der Waals surface area contributed by atoms with E-state index in [1.165, 1.54) is 48.4 Å². The van der Waals surface area contributed by atoms with Gasteiger partial charge in [-0.25, -0.2) is 4.99 Å². The normalized spacial score (nSPS) is 14.5. The van der Waals surface area contributed by atoms with Crippen LogP contribution in [0.1, 0.15) is 43.2 Å². The summed E-state index contributed by atoms with van der Waals surface area (Å²) in [5.74, 6) is 0. The van der Waals surface area contributed by atoms with E-state index < -0.39 is 0 Å². The number of nitro benzene ring substituents is 1. The highest BCUT2D eigenvalue weighted by atomic mass is 32.1. The number of nitro groups is 1. The predicted molar refractivity (Wildman–Crippen MR) is 127 cm³/mol. The maximum atomic E-state index is 11.3. The third kappa shape index (κ3) is 4.85. The molecule has 31 heavy (non-hydrogen) atoms. The summed E-state index contributed by atoms with van der Waals surface area (Å²) in [5.41, 5.74) is 6.81. The number of hydrogen-bond acceptors (Lipinski definition) is 4. The lowest BCUT2D eigenvalue weighted by Crippen LogP contribution is -2.17. The van der Waals surface area contributed by atoms with Crippen LogP contribution < -0.4 is 4.80 Å². The number of benzene rings is 2. The fourth-order valence-corrected chi connectivity index (χ4v) is 4.94. The molecule has 5 nitrogen and oxygen atoms in total. The molecular weight excluding hydrogens is 406 g/mol. The van der Waals surface area contributed by atoms with Crippen LogP contribution in [0.4, 0.5) is 11.4 Å². The molecule has 0 amide bonds. The van der Waals surface area contributed by atoms with E-state index >= 15 is 0 Å². The van der Waals surface area contributed by atoms with E-state index in [1.54, 1.807) is 23.5 Å². The van der Waals surface area contributed by atoms with Gasteiger partial charge in [-0.1, -0.05) is 35.9 Å². The van der Waals surface area contributed by atoms with Gasteiger partial charge in [0.25, 0.3) is 5.69 Å². The van der Waals surface area contributed by atoms with Crippen LogP contribution in [0.2, 0.25) is 0 Å².